The van der Waals surface area contributed by atoms with E-state index in [1.807, 2.05) is 0 Å². The van der Waals surface area contributed by atoms with Crippen molar-refractivity contribution in [1.82, 2.24) is 0 Å². The number of hydrogen-bond donors (Lipinski definition) is 0. The van der Waals surface area contributed by atoms with Crippen LogP contribution < -0.4 is 9.47 Å². The second kappa shape index (κ2) is 6.78. The largest absolute Gasteiger partial charge is 0.493 e. The molecule has 6 heteroatoms. The Balaban J connectivity index is 2.27. The molecule has 0 bridgehead atoms. The van der Waals surface area contributed by atoms with Crippen LogP contribution in [0.1, 0.15) is 16.1 Å². The summed E-state index contributed by atoms with van der Waals surface area (Å²) >= 11 is 0. The summed E-state index contributed by atoms with van der Waals surface area (Å²) in [5, 5.41) is 17.5. The van der Waals surface area contributed by atoms with Gasteiger partial charge in [-0.25, -0.2) is 4.79 Å². The molecule has 6 nitrogen and oxygen atoms in total. The second-order valence-corrected chi connectivity index (χ2v) is 4.06. The van der Waals surface area contributed by atoms with Crippen molar-refractivity contribution in [3.63, 3.8) is 0 Å². The van der Waals surface area contributed by atoms with Gasteiger partial charge in [0, 0.05) is 0 Å². The number of rotatable bonds is 4. The number of carbonyl (C=O) groups excluding carboxylic acids is 1. The van der Waals surface area contributed by atoms with Crippen LogP contribution in [0.4, 0.5) is 0 Å². The van der Waals surface area contributed by atoms with Crippen molar-refractivity contribution in [1.29, 1.82) is 10.5 Å². The first-order valence-corrected chi connectivity index (χ1v) is 6.13. The van der Waals surface area contributed by atoms with Crippen molar-refractivity contribution in [3.8, 4) is 23.6 Å². The monoisotopic (exact) mass is 294 g/mol. The van der Waals surface area contributed by atoms with E-state index in [1.165, 1.54) is 31.6 Å². The SMILES string of the molecule is COc1cc(C=C(C#N)C#N)ccc1OC(=O)c1ccco1. The summed E-state index contributed by atoms with van der Waals surface area (Å²) in [6, 6.07) is 11.3. The summed E-state index contributed by atoms with van der Waals surface area (Å²) in [6.07, 6.45) is 2.77. The lowest BCUT2D eigenvalue weighted by Gasteiger charge is -2.09. The van der Waals surface area contributed by atoms with Crippen LogP contribution in [0, 0.1) is 22.7 Å². The number of carbonyl (C=O) groups is 1. The first kappa shape index (κ1) is 14.9. The minimum atomic E-state index is -0.652. The van der Waals surface area contributed by atoms with E-state index >= 15 is 0 Å². The number of esters is 1. The van der Waals surface area contributed by atoms with Gasteiger partial charge in [-0.2, -0.15) is 10.5 Å². The molecule has 0 aliphatic heterocycles. The topological polar surface area (TPSA) is 96.2 Å². The Morgan fingerprint density at radius 1 is 1.23 bits per heavy atom. The molecule has 0 atom stereocenters. The quantitative estimate of drug-likeness (QED) is 0.488. The Kier molecular flexibility index (Phi) is 4.59. The molecule has 22 heavy (non-hydrogen) atoms. The number of nitriles is 2. The van der Waals surface area contributed by atoms with Crippen molar-refractivity contribution in [2.24, 2.45) is 0 Å². The smallest absolute Gasteiger partial charge is 0.379 e. The van der Waals surface area contributed by atoms with Gasteiger partial charge in [0.1, 0.15) is 17.7 Å². The maximum atomic E-state index is 11.8. The first-order chi connectivity index (χ1) is 10.7. The number of methoxy groups -OCH3 is 1. The Morgan fingerprint density at radius 3 is 2.59 bits per heavy atom. The average Bonchev–Trinajstić information content (AvgIpc) is 3.08. The maximum Gasteiger partial charge on any atom is 0.379 e. The number of furan rings is 1. The Labute approximate surface area is 126 Å². The molecule has 1 aromatic carbocycles. The highest BCUT2D eigenvalue weighted by Crippen LogP contribution is 2.29. The van der Waals surface area contributed by atoms with Gasteiger partial charge in [-0.1, -0.05) is 6.07 Å². The fraction of sp³-hybridized carbons (Fsp3) is 0.0625. The lowest BCUT2D eigenvalue weighted by molar-refractivity contribution is 0.0696. The van der Waals surface area contributed by atoms with E-state index in [2.05, 4.69) is 0 Å². The molecular formula is C16H10N2O4. The van der Waals surface area contributed by atoms with Gasteiger partial charge in [0.05, 0.1) is 13.4 Å². The summed E-state index contributed by atoms with van der Waals surface area (Å²) in [5.41, 5.74) is 0.537. The van der Waals surface area contributed by atoms with Gasteiger partial charge in [-0.3, -0.25) is 0 Å². The van der Waals surface area contributed by atoms with Crippen molar-refractivity contribution in [3.05, 3.63) is 53.5 Å². The fourth-order valence-electron chi connectivity index (χ4n) is 1.66. The van der Waals surface area contributed by atoms with E-state index in [4.69, 9.17) is 24.4 Å². The van der Waals surface area contributed by atoms with E-state index in [0.717, 1.165) is 0 Å². The zero-order valence-electron chi connectivity index (χ0n) is 11.6. The third kappa shape index (κ3) is 3.33. The van der Waals surface area contributed by atoms with Crippen LogP contribution in [0.3, 0.4) is 0 Å². The van der Waals surface area contributed by atoms with E-state index in [-0.39, 0.29) is 17.1 Å². The molecule has 0 spiro atoms. The van der Waals surface area contributed by atoms with Gasteiger partial charge in [0.15, 0.2) is 11.5 Å². The van der Waals surface area contributed by atoms with Crippen LogP contribution in [0.15, 0.2) is 46.6 Å². The minimum Gasteiger partial charge on any atom is -0.493 e. The van der Waals surface area contributed by atoms with Crippen molar-refractivity contribution in [2.75, 3.05) is 7.11 Å². The molecule has 1 aromatic heterocycles. The molecular weight excluding hydrogens is 284 g/mol. The normalized spacial score (nSPS) is 9.23. The number of nitrogens with zero attached hydrogens (tertiary/aromatic N) is 2. The zero-order valence-corrected chi connectivity index (χ0v) is 11.6. The third-order valence-corrected chi connectivity index (χ3v) is 2.66. The van der Waals surface area contributed by atoms with Gasteiger partial charge in [-0.15, -0.1) is 0 Å². The molecule has 0 aliphatic rings. The third-order valence-electron chi connectivity index (χ3n) is 2.66. The number of benzene rings is 1. The minimum absolute atomic E-state index is 0.0395. The molecule has 1 heterocycles. The highest BCUT2D eigenvalue weighted by atomic mass is 16.6. The van der Waals surface area contributed by atoms with Gasteiger partial charge >= 0.3 is 5.97 Å². The highest BCUT2D eigenvalue weighted by molar-refractivity contribution is 5.88. The highest BCUT2D eigenvalue weighted by Gasteiger charge is 2.14. The van der Waals surface area contributed by atoms with E-state index in [1.54, 1.807) is 30.3 Å². The molecule has 2 rings (SSSR count). The molecule has 0 N–H and O–H groups in total. The van der Waals surface area contributed by atoms with Crippen LogP contribution in [-0.2, 0) is 0 Å². The number of allylic oxidation sites excluding steroid dienone is 1. The summed E-state index contributed by atoms with van der Waals surface area (Å²) in [4.78, 5) is 11.8. The second-order valence-electron chi connectivity index (χ2n) is 4.06. The lowest BCUT2D eigenvalue weighted by atomic mass is 10.1. The summed E-state index contributed by atoms with van der Waals surface area (Å²) in [5.74, 6) is -0.0796. The van der Waals surface area contributed by atoms with Gasteiger partial charge in [0.2, 0.25) is 5.76 Å². The van der Waals surface area contributed by atoms with Crippen molar-refractivity contribution < 1.29 is 18.7 Å². The van der Waals surface area contributed by atoms with Crippen LogP contribution in [0.5, 0.6) is 11.5 Å². The van der Waals surface area contributed by atoms with E-state index in [9.17, 15) is 4.79 Å². The van der Waals surface area contributed by atoms with E-state index < -0.39 is 5.97 Å². The summed E-state index contributed by atoms with van der Waals surface area (Å²) in [7, 11) is 1.42. The summed E-state index contributed by atoms with van der Waals surface area (Å²) < 4.78 is 15.3. The lowest BCUT2D eigenvalue weighted by Crippen LogP contribution is -2.08. The molecule has 0 saturated heterocycles. The molecule has 0 unspecified atom stereocenters. The first-order valence-electron chi connectivity index (χ1n) is 6.13. The van der Waals surface area contributed by atoms with Crippen LogP contribution in [0.2, 0.25) is 0 Å². The van der Waals surface area contributed by atoms with Gasteiger partial charge in [-0.05, 0) is 35.9 Å². The maximum absolute atomic E-state index is 11.8. The van der Waals surface area contributed by atoms with E-state index in [0.29, 0.717) is 11.3 Å². The Morgan fingerprint density at radius 2 is 2.00 bits per heavy atom. The fourth-order valence-corrected chi connectivity index (χ4v) is 1.66. The van der Waals surface area contributed by atoms with Crippen molar-refractivity contribution >= 4 is 12.0 Å². The molecule has 108 valence electrons. The Hall–Kier alpha value is -3.51. The van der Waals surface area contributed by atoms with Gasteiger partial charge in [0.25, 0.3) is 0 Å². The van der Waals surface area contributed by atoms with Crippen LogP contribution in [-0.4, -0.2) is 13.1 Å². The summed E-state index contributed by atoms with van der Waals surface area (Å²) in [6.45, 7) is 0. The predicted octanol–water partition coefficient (Wildman–Crippen LogP) is 2.94. The van der Waals surface area contributed by atoms with Crippen molar-refractivity contribution in [2.45, 2.75) is 0 Å². The number of ether oxygens (including phenoxy) is 2. The van der Waals surface area contributed by atoms with Crippen LogP contribution in [0.25, 0.3) is 6.08 Å². The van der Waals surface area contributed by atoms with Gasteiger partial charge < -0.3 is 13.9 Å². The number of hydrogen-bond acceptors (Lipinski definition) is 6. The van der Waals surface area contributed by atoms with Crippen LogP contribution >= 0.6 is 0 Å². The standard InChI is InChI=1S/C16H10N2O4/c1-20-15-8-11(7-12(9-17)10-18)4-5-13(15)22-16(19)14-3-2-6-21-14/h2-8H,1H3. The molecule has 0 fully saturated rings. The predicted molar refractivity (Wildman–Crippen MR) is 75.9 cm³/mol. The molecule has 0 aliphatic carbocycles. The molecule has 0 radical (unpaired) electrons. The Bertz CT molecular complexity index is 777. The molecule has 0 amide bonds. The average molecular weight is 294 g/mol. The zero-order chi connectivity index (χ0) is 15.9. The molecule has 0 saturated carbocycles. The molecule has 2 aromatic rings.